The highest BCUT2D eigenvalue weighted by atomic mass is 32.2. The molecule has 0 aliphatic carbocycles. The molecule has 0 heterocycles. The SMILES string of the molecule is CS(=O)(=O)c1cccc(C(=O)Cc2cc(F)cc(F)c2)c1. The van der Waals surface area contributed by atoms with Crippen LogP contribution in [0.5, 0.6) is 0 Å². The van der Waals surface area contributed by atoms with Gasteiger partial charge >= 0.3 is 0 Å². The molecule has 0 spiro atoms. The van der Waals surface area contributed by atoms with Crippen molar-refractivity contribution >= 4 is 15.6 Å². The van der Waals surface area contributed by atoms with E-state index in [2.05, 4.69) is 0 Å². The van der Waals surface area contributed by atoms with E-state index >= 15 is 0 Å². The Kier molecular flexibility index (Phi) is 4.18. The molecule has 2 rings (SSSR count). The average Bonchev–Trinajstić information content (AvgIpc) is 2.36. The maximum Gasteiger partial charge on any atom is 0.175 e. The summed E-state index contributed by atoms with van der Waals surface area (Å²) in [6.07, 6.45) is 0.834. The van der Waals surface area contributed by atoms with Gasteiger partial charge in [-0.05, 0) is 29.8 Å². The maximum absolute atomic E-state index is 13.1. The molecule has 0 bridgehead atoms. The van der Waals surface area contributed by atoms with Crippen molar-refractivity contribution in [3.8, 4) is 0 Å². The molecular formula is C15H12F2O3S. The lowest BCUT2D eigenvalue weighted by molar-refractivity contribution is 0.0992. The van der Waals surface area contributed by atoms with Crippen molar-refractivity contribution in [1.82, 2.24) is 0 Å². The van der Waals surface area contributed by atoms with Gasteiger partial charge in [-0.3, -0.25) is 4.79 Å². The van der Waals surface area contributed by atoms with E-state index in [0.29, 0.717) is 0 Å². The summed E-state index contributed by atoms with van der Waals surface area (Å²) >= 11 is 0. The van der Waals surface area contributed by atoms with Crippen LogP contribution in [0.2, 0.25) is 0 Å². The molecule has 0 radical (unpaired) electrons. The summed E-state index contributed by atoms with van der Waals surface area (Å²) in [7, 11) is -3.42. The molecule has 0 aromatic heterocycles. The van der Waals surface area contributed by atoms with Crippen LogP contribution in [0, 0.1) is 11.6 Å². The minimum Gasteiger partial charge on any atom is -0.294 e. The number of carbonyl (C=O) groups is 1. The molecule has 6 heteroatoms. The van der Waals surface area contributed by atoms with Crippen LogP contribution in [0.1, 0.15) is 15.9 Å². The maximum atomic E-state index is 13.1. The monoisotopic (exact) mass is 310 g/mol. The van der Waals surface area contributed by atoms with E-state index in [1.165, 1.54) is 24.3 Å². The molecule has 110 valence electrons. The Balaban J connectivity index is 2.28. The van der Waals surface area contributed by atoms with E-state index in [1.807, 2.05) is 0 Å². The Morgan fingerprint density at radius 3 is 2.24 bits per heavy atom. The van der Waals surface area contributed by atoms with Gasteiger partial charge in [-0.1, -0.05) is 12.1 Å². The third kappa shape index (κ3) is 3.95. The molecule has 21 heavy (non-hydrogen) atoms. The van der Waals surface area contributed by atoms with Gasteiger partial charge in [0, 0.05) is 24.3 Å². The van der Waals surface area contributed by atoms with E-state index in [9.17, 15) is 22.0 Å². The summed E-state index contributed by atoms with van der Waals surface area (Å²) in [4.78, 5) is 12.1. The number of carbonyl (C=O) groups excluding carboxylic acids is 1. The van der Waals surface area contributed by atoms with Crippen LogP contribution in [0.15, 0.2) is 47.4 Å². The van der Waals surface area contributed by atoms with Gasteiger partial charge in [0.2, 0.25) is 0 Å². The minimum absolute atomic E-state index is 0.0266. The van der Waals surface area contributed by atoms with Crippen LogP contribution in [-0.2, 0) is 16.3 Å². The van der Waals surface area contributed by atoms with Gasteiger partial charge in [-0.15, -0.1) is 0 Å². The smallest absolute Gasteiger partial charge is 0.175 e. The van der Waals surface area contributed by atoms with Crippen molar-refractivity contribution in [3.63, 3.8) is 0 Å². The van der Waals surface area contributed by atoms with Crippen LogP contribution in [0.4, 0.5) is 8.78 Å². The fraction of sp³-hybridized carbons (Fsp3) is 0.133. The number of hydrogen-bond acceptors (Lipinski definition) is 3. The Morgan fingerprint density at radius 1 is 1.05 bits per heavy atom. The molecule has 0 aliphatic heterocycles. The zero-order chi connectivity index (χ0) is 15.6. The molecule has 0 aliphatic rings. The van der Waals surface area contributed by atoms with Gasteiger partial charge in [0.25, 0.3) is 0 Å². The zero-order valence-electron chi connectivity index (χ0n) is 11.1. The van der Waals surface area contributed by atoms with Crippen LogP contribution in [-0.4, -0.2) is 20.5 Å². The normalized spacial score (nSPS) is 11.4. The Morgan fingerprint density at radius 2 is 1.67 bits per heavy atom. The minimum atomic E-state index is -3.42. The summed E-state index contributed by atoms with van der Waals surface area (Å²) in [6, 6.07) is 8.42. The molecule has 0 saturated carbocycles. The van der Waals surface area contributed by atoms with Crippen LogP contribution >= 0.6 is 0 Å². The fourth-order valence-corrected chi connectivity index (χ4v) is 2.57. The predicted octanol–water partition coefficient (Wildman–Crippen LogP) is 2.79. The molecule has 2 aromatic carbocycles. The number of benzene rings is 2. The topological polar surface area (TPSA) is 51.2 Å². The molecule has 0 amide bonds. The van der Waals surface area contributed by atoms with E-state index < -0.39 is 27.3 Å². The largest absolute Gasteiger partial charge is 0.294 e. The lowest BCUT2D eigenvalue weighted by atomic mass is 10.0. The molecule has 3 nitrogen and oxygen atoms in total. The fourth-order valence-electron chi connectivity index (χ4n) is 1.90. The van der Waals surface area contributed by atoms with Gasteiger partial charge in [0.05, 0.1) is 4.90 Å². The van der Waals surface area contributed by atoms with Crippen molar-refractivity contribution in [1.29, 1.82) is 0 Å². The lowest BCUT2D eigenvalue weighted by Gasteiger charge is -2.04. The summed E-state index contributed by atoms with van der Waals surface area (Å²) < 4.78 is 49.0. The number of Topliss-reactive ketones (excluding diaryl/α,β-unsaturated/α-hetero) is 1. The molecule has 0 unspecified atom stereocenters. The average molecular weight is 310 g/mol. The first-order chi connectivity index (χ1) is 9.75. The van der Waals surface area contributed by atoms with Gasteiger partial charge in [-0.2, -0.15) is 0 Å². The first-order valence-electron chi connectivity index (χ1n) is 6.04. The van der Waals surface area contributed by atoms with E-state index in [1.54, 1.807) is 0 Å². The molecule has 0 atom stereocenters. The molecular weight excluding hydrogens is 298 g/mol. The number of sulfone groups is 1. The quantitative estimate of drug-likeness (QED) is 0.816. The highest BCUT2D eigenvalue weighted by Gasteiger charge is 2.13. The lowest BCUT2D eigenvalue weighted by Crippen LogP contribution is -2.06. The highest BCUT2D eigenvalue weighted by Crippen LogP contribution is 2.15. The van der Waals surface area contributed by atoms with Gasteiger partial charge in [0.1, 0.15) is 11.6 Å². The molecule has 2 aromatic rings. The Labute approximate surface area is 121 Å². The summed E-state index contributed by atoms with van der Waals surface area (Å²) in [5.74, 6) is -1.93. The van der Waals surface area contributed by atoms with E-state index in [4.69, 9.17) is 0 Å². The number of hydrogen-bond donors (Lipinski definition) is 0. The first kappa shape index (κ1) is 15.3. The van der Waals surface area contributed by atoms with Crippen molar-refractivity contribution in [2.24, 2.45) is 0 Å². The van der Waals surface area contributed by atoms with Crippen molar-refractivity contribution < 1.29 is 22.0 Å². The van der Waals surface area contributed by atoms with Crippen molar-refractivity contribution in [2.45, 2.75) is 11.3 Å². The Hall–Kier alpha value is -2.08. The third-order valence-corrected chi connectivity index (χ3v) is 3.98. The predicted molar refractivity (Wildman–Crippen MR) is 73.9 cm³/mol. The number of halogens is 2. The summed E-state index contributed by atoms with van der Waals surface area (Å²) in [6.45, 7) is 0. The molecule has 0 N–H and O–H groups in total. The second-order valence-corrected chi connectivity index (χ2v) is 6.69. The third-order valence-electron chi connectivity index (χ3n) is 2.87. The molecule has 0 saturated heterocycles. The second-order valence-electron chi connectivity index (χ2n) is 4.68. The highest BCUT2D eigenvalue weighted by molar-refractivity contribution is 7.90. The Bertz CT molecular complexity index is 778. The standard InChI is InChI=1S/C15H12F2O3S/c1-21(19,20)14-4-2-3-11(8-14)15(18)7-10-5-12(16)9-13(17)6-10/h2-6,8-9H,7H2,1H3. The second kappa shape index (κ2) is 5.73. The number of ketones is 1. The van der Waals surface area contributed by atoms with Crippen LogP contribution in [0.25, 0.3) is 0 Å². The van der Waals surface area contributed by atoms with Crippen molar-refractivity contribution in [3.05, 3.63) is 65.2 Å². The molecule has 0 fully saturated rings. The number of rotatable bonds is 4. The zero-order valence-corrected chi connectivity index (χ0v) is 12.0. The van der Waals surface area contributed by atoms with E-state index in [0.717, 1.165) is 24.5 Å². The summed E-state index contributed by atoms with van der Waals surface area (Å²) in [5, 5.41) is 0. The van der Waals surface area contributed by atoms with Crippen LogP contribution in [0.3, 0.4) is 0 Å². The van der Waals surface area contributed by atoms with Gasteiger partial charge in [-0.25, -0.2) is 17.2 Å². The van der Waals surface area contributed by atoms with E-state index in [-0.39, 0.29) is 22.4 Å². The van der Waals surface area contributed by atoms with Crippen molar-refractivity contribution in [2.75, 3.05) is 6.26 Å². The summed E-state index contributed by atoms with van der Waals surface area (Å²) in [5.41, 5.74) is 0.379. The van der Waals surface area contributed by atoms with Crippen LogP contribution < -0.4 is 0 Å². The van der Waals surface area contributed by atoms with Gasteiger partial charge < -0.3 is 0 Å². The van der Waals surface area contributed by atoms with Gasteiger partial charge in [0.15, 0.2) is 15.6 Å². The first-order valence-corrected chi connectivity index (χ1v) is 7.93.